The van der Waals surface area contributed by atoms with Gasteiger partial charge < -0.3 is 10.1 Å². The van der Waals surface area contributed by atoms with Crippen LogP contribution in [0.15, 0.2) is 60.6 Å². The second-order valence-corrected chi connectivity index (χ2v) is 12.8. The van der Waals surface area contributed by atoms with Gasteiger partial charge in [-0.25, -0.2) is 0 Å². The van der Waals surface area contributed by atoms with Gasteiger partial charge in [-0.2, -0.15) is 12.1 Å². The Kier molecular flexibility index (Phi) is 9.98. The number of benzene rings is 1. The van der Waals surface area contributed by atoms with Crippen LogP contribution in [0, 0.1) is 23.8 Å². The first kappa shape index (κ1) is 32.3. The summed E-state index contributed by atoms with van der Waals surface area (Å²) in [6.07, 6.45) is 5.12. The number of hydrogen-bond donors (Lipinski definition) is 1. The predicted molar refractivity (Wildman–Crippen MR) is 157 cm³/mol. The molecular formula is C33H40IrN3O2-. The minimum atomic E-state index is -0.417. The zero-order valence-corrected chi connectivity index (χ0v) is 27.1. The molecule has 5 nitrogen and oxygen atoms in total. The number of aromatic nitrogens is 3. The fourth-order valence-electron chi connectivity index (χ4n) is 3.67. The molecule has 0 atom stereocenters. The number of hydrogen-bond acceptors (Lipinski definition) is 5. The Balaban J connectivity index is 0.000000328. The van der Waals surface area contributed by atoms with E-state index in [1.165, 1.54) is 11.5 Å². The van der Waals surface area contributed by atoms with Gasteiger partial charge in [0.2, 0.25) is 0 Å². The standard InChI is InChI=1S/C22H20N3.C11H20O2.Ir/c1-14-12-15-8-9-17-16(18(15)13-24-14)10-11-23-21(17)19-6-5-7-20(25-19)22(2,3)4;1-10(2,3)8(12)7-9(13)11(4,5)6;/h5,7-13H,1-4H3;7,12H,1-6H3;/q-1;;/b;8-7-;. The fourth-order valence-corrected chi connectivity index (χ4v) is 3.67. The van der Waals surface area contributed by atoms with Crippen molar-refractivity contribution < 1.29 is 30.0 Å². The van der Waals surface area contributed by atoms with E-state index in [1.54, 1.807) is 0 Å². The number of rotatable bonds is 2. The third kappa shape index (κ3) is 8.03. The van der Waals surface area contributed by atoms with Crippen LogP contribution in [0.2, 0.25) is 0 Å². The van der Waals surface area contributed by atoms with Crippen LogP contribution in [0.4, 0.5) is 0 Å². The molecule has 209 valence electrons. The average Bonchev–Trinajstić information content (AvgIpc) is 2.82. The number of carbonyl (C=O) groups excluding carboxylic acids is 1. The van der Waals surface area contributed by atoms with Crippen LogP contribution in [0.5, 0.6) is 0 Å². The Morgan fingerprint density at radius 2 is 1.54 bits per heavy atom. The molecule has 0 unspecified atom stereocenters. The van der Waals surface area contributed by atoms with E-state index in [-0.39, 0.29) is 42.5 Å². The summed E-state index contributed by atoms with van der Waals surface area (Å²) in [6, 6.07) is 15.6. The molecule has 4 aromatic rings. The molecule has 1 N–H and O–H groups in total. The molecule has 0 aliphatic heterocycles. The van der Waals surface area contributed by atoms with E-state index >= 15 is 0 Å². The predicted octanol–water partition coefficient (Wildman–Crippen LogP) is 8.34. The minimum Gasteiger partial charge on any atom is -0.512 e. The molecule has 0 aliphatic rings. The zero-order chi connectivity index (χ0) is 28.5. The van der Waals surface area contributed by atoms with Gasteiger partial charge in [-0.3, -0.25) is 14.8 Å². The number of aliphatic hydroxyl groups excluding tert-OH is 1. The number of pyridine rings is 3. The summed E-state index contributed by atoms with van der Waals surface area (Å²) < 4.78 is 0. The van der Waals surface area contributed by atoms with Crippen LogP contribution in [-0.2, 0) is 30.3 Å². The van der Waals surface area contributed by atoms with E-state index in [4.69, 9.17) is 4.98 Å². The van der Waals surface area contributed by atoms with Crippen molar-refractivity contribution in [2.24, 2.45) is 10.8 Å². The van der Waals surface area contributed by atoms with Crippen molar-refractivity contribution in [2.75, 3.05) is 0 Å². The summed E-state index contributed by atoms with van der Waals surface area (Å²) in [5.41, 5.74) is 2.94. The maximum Gasteiger partial charge on any atom is 0.164 e. The van der Waals surface area contributed by atoms with Crippen LogP contribution in [0.3, 0.4) is 0 Å². The largest absolute Gasteiger partial charge is 0.512 e. The molecule has 3 aromatic heterocycles. The Bertz CT molecular complexity index is 1500. The van der Waals surface area contributed by atoms with Crippen LogP contribution in [-0.4, -0.2) is 25.8 Å². The molecule has 0 fully saturated rings. The fraction of sp³-hybridized carbons (Fsp3) is 0.394. The van der Waals surface area contributed by atoms with E-state index < -0.39 is 5.41 Å². The first-order valence-electron chi connectivity index (χ1n) is 13.0. The van der Waals surface area contributed by atoms with Gasteiger partial charge in [0.15, 0.2) is 5.78 Å². The van der Waals surface area contributed by atoms with Crippen molar-refractivity contribution in [2.45, 2.75) is 74.7 Å². The number of fused-ring (bicyclic) bond motifs is 3. The van der Waals surface area contributed by atoms with Crippen LogP contribution in [0.1, 0.15) is 73.7 Å². The van der Waals surface area contributed by atoms with Crippen LogP contribution >= 0.6 is 0 Å². The van der Waals surface area contributed by atoms with Gasteiger partial charge in [-0.1, -0.05) is 74.4 Å². The summed E-state index contributed by atoms with van der Waals surface area (Å²) in [6.45, 7) is 19.6. The van der Waals surface area contributed by atoms with Crippen molar-refractivity contribution in [3.63, 3.8) is 0 Å². The molecule has 6 heteroatoms. The second kappa shape index (κ2) is 12.1. The smallest absolute Gasteiger partial charge is 0.164 e. The molecule has 1 aromatic carbocycles. The van der Waals surface area contributed by atoms with Gasteiger partial charge >= 0.3 is 0 Å². The van der Waals surface area contributed by atoms with Gasteiger partial charge in [0.05, 0.1) is 0 Å². The Morgan fingerprint density at radius 1 is 0.872 bits per heavy atom. The van der Waals surface area contributed by atoms with Crippen LogP contribution in [0.25, 0.3) is 32.9 Å². The molecule has 0 aliphatic carbocycles. The summed E-state index contributed by atoms with van der Waals surface area (Å²) in [7, 11) is 0. The molecule has 0 bridgehead atoms. The number of allylic oxidation sites excluding steroid dienone is 2. The van der Waals surface area contributed by atoms with E-state index in [0.29, 0.717) is 0 Å². The number of aliphatic hydroxyl groups is 1. The molecule has 39 heavy (non-hydrogen) atoms. The summed E-state index contributed by atoms with van der Waals surface area (Å²) in [5, 5.41) is 14.1. The first-order chi connectivity index (χ1) is 17.5. The van der Waals surface area contributed by atoms with E-state index in [9.17, 15) is 9.90 Å². The molecule has 1 radical (unpaired) electrons. The number of carbonyl (C=O) groups is 1. The molecular weight excluding hydrogens is 663 g/mol. The van der Waals surface area contributed by atoms with E-state index in [0.717, 1.165) is 38.9 Å². The summed E-state index contributed by atoms with van der Waals surface area (Å²) in [5.74, 6) is 0.104. The Labute approximate surface area is 246 Å². The van der Waals surface area contributed by atoms with Crippen LogP contribution < -0.4 is 0 Å². The first-order valence-corrected chi connectivity index (χ1v) is 13.0. The zero-order valence-electron chi connectivity index (χ0n) is 24.7. The summed E-state index contributed by atoms with van der Waals surface area (Å²) >= 11 is 0. The molecule has 3 heterocycles. The summed E-state index contributed by atoms with van der Waals surface area (Å²) in [4.78, 5) is 25.4. The molecule has 0 saturated carbocycles. The monoisotopic (exact) mass is 703 g/mol. The maximum atomic E-state index is 11.5. The van der Waals surface area contributed by atoms with Gasteiger partial charge in [-0.15, -0.1) is 6.07 Å². The topological polar surface area (TPSA) is 76.0 Å². The van der Waals surface area contributed by atoms with Crippen molar-refractivity contribution in [1.29, 1.82) is 0 Å². The Hall–Kier alpha value is -2.95. The number of aryl methyl sites for hydroxylation is 1. The van der Waals surface area contributed by atoms with Crippen molar-refractivity contribution in [3.05, 3.63) is 78.1 Å². The third-order valence-corrected chi connectivity index (χ3v) is 6.24. The SMILES string of the molecule is CC(C)(C)C(=O)/C=C(\O)C(C)(C)C.Cc1cc2ccc3c(-c4[c-]ccc(C(C)(C)C)n4)nccc3c2cn1.[Ir]. The second-order valence-electron chi connectivity index (χ2n) is 12.8. The minimum absolute atomic E-state index is 0. The van der Waals surface area contributed by atoms with Gasteiger partial charge in [0.25, 0.3) is 0 Å². The maximum absolute atomic E-state index is 11.5. The van der Waals surface area contributed by atoms with Crippen molar-refractivity contribution in [1.82, 2.24) is 15.0 Å². The van der Waals surface area contributed by atoms with Crippen molar-refractivity contribution in [3.8, 4) is 11.4 Å². The number of nitrogens with zero attached hydrogens (tertiary/aromatic N) is 3. The van der Waals surface area contributed by atoms with Gasteiger partial charge in [0, 0.05) is 60.5 Å². The van der Waals surface area contributed by atoms with E-state index in [2.05, 4.69) is 55.0 Å². The quantitative estimate of drug-likeness (QED) is 0.0984. The molecule has 0 saturated heterocycles. The third-order valence-electron chi connectivity index (χ3n) is 6.24. The van der Waals surface area contributed by atoms with Crippen molar-refractivity contribution >= 4 is 27.3 Å². The number of ketones is 1. The van der Waals surface area contributed by atoms with Gasteiger partial charge in [0.1, 0.15) is 5.76 Å². The van der Waals surface area contributed by atoms with Gasteiger partial charge in [-0.05, 0) is 57.7 Å². The molecule has 0 amide bonds. The average molecular weight is 703 g/mol. The Morgan fingerprint density at radius 3 is 2.13 bits per heavy atom. The molecule has 0 spiro atoms. The normalized spacial score (nSPS) is 12.5. The van der Waals surface area contributed by atoms with E-state index in [1.807, 2.05) is 79.1 Å². The molecule has 4 rings (SSSR count).